The Morgan fingerprint density at radius 3 is 3.00 bits per heavy atom. The topological polar surface area (TPSA) is 50.4 Å². The lowest BCUT2D eigenvalue weighted by Crippen LogP contribution is -2.29. The predicted octanol–water partition coefficient (Wildman–Crippen LogP) is 3.26. The van der Waals surface area contributed by atoms with Crippen LogP contribution in [-0.4, -0.2) is 32.7 Å². The van der Waals surface area contributed by atoms with Crippen molar-refractivity contribution in [1.82, 2.24) is 10.6 Å². The summed E-state index contributed by atoms with van der Waals surface area (Å²) in [6.45, 7) is 2.53. The molecule has 0 spiro atoms. The van der Waals surface area contributed by atoms with Crippen LogP contribution in [0.3, 0.4) is 0 Å². The molecule has 3 rings (SSSR count). The van der Waals surface area contributed by atoms with Crippen LogP contribution in [0.2, 0.25) is 0 Å². The molecule has 0 atom stereocenters. The third-order valence-corrected chi connectivity index (χ3v) is 5.09. The Morgan fingerprint density at radius 2 is 2.29 bits per heavy atom. The number of methoxy groups -OCH3 is 1. The van der Waals surface area contributed by atoms with Crippen LogP contribution >= 0.6 is 23.7 Å². The van der Waals surface area contributed by atoms with Crippen LogP contribution < -0.4 is 10.6 Å². The third kappa shape index (κ3) is 3.95. The van der Waals surface area contributed by atoms with Gasteiger partial charge in [0.1, 0.15) is 5.82 Å². The summed E-state index contributed by atoms with van der Waals surface area (Å²) in [5.74, 6) is -0.483. The van der Waals surface area contributed by atoms with Crippen molar-refractivity contribution in [2.75, 3.05) is 26.7 Å². The number of thiophene rings is 1. The van der Waals surface area contributed by atoms with Gasteiger partial charge in [-0.2, -0.15) is 0 Å². The van der Waals surface area contributed by atoms with Gasteiger partial charge in [-0.1, -0.05) is 17.7 Å². The number of hydrogen-bond acceptors (Lipinski definition) is 4. The number of rotatable bonds is 5. The van der Waals surface area contributed by atoms with Crippen molar-refractivity contribution in [3.8, 4) is 0 Å². The molecule has 0 saturated heterocycles. The molecule has 130 valence electrons. The highest BCUT2D eigenvalue weighted by molar-refractivity contribution is 7.21. The maximum Gasteiger partial charge on any atom is 0.262 e. The second-order valence-corrected chi connectivity index (χ2v) is 6.51. The summed E-state index contributed by atoms with van der Waals surface area (Å²) < 4.78 is 20.1. The lowest BCUT2D eigenvalue weighted by molar-refractivity contribution is 0.0956. The molecule has 1 aromatic heterocycles. The molecule has 0 unspecified atom stereocenters. The van der Waals surface area contributed by atoms with Gasteiger partial charge >= 0.3 is 0 Å². The molecule has 0 fully saturated rings. The smallest absolute Gasteiger partial charge is 0.262 e. The quantitative estimate of drug-likeness (QED) is 0.794. The molecule has 24 heavy (non-hydrogen) atoms. The van der Waals surface area contributed by atoms with Gasteiger partial charge in [-0.25, -0.2) is 4.39 Å². The molecular weight excluding hydrogens is 351 g/mol. The van der Waals surface area contributed by atoms with Crippen LogP contribution in [0.1, 0.15) is 21.7 Å². The van der Waals surface area contributed by atoms with Crippen LogP contribution in [0.25, 0.3) is 10.1 Å². The fourth-order valence-corrected chi connectivity index (χ4v) is 3.88. The summed E-state index contributed by atoms with van der Waals surface area (Å²) in [4.78, 5) is 13.1. The van der Waals surface area contributed by atoms with E-state index >= 15 is 0 Å². The first-order chi connectivity index (χ1) is 11.2. The van der Waals surface area contributed by atoms with Gasteiger partial charge in [0.25, 0.3) is 5.91 Å². The molecule has 2 N–H and O–H groups in total. The Balaban J connectivity index is 0.00000208. The number of carbonyl (C=O) groups is 1. The van der Waals surface area contributed by atoms with Crippen LogP contribution in [0.5, 0.6) is 0 Å². The Labute approximate surface area is 150 Å². The van der Waals surface area contributed by atoms with E-state index in [1.54, 1.807) is 13.2 Å². The van der Waals surface area contributed by atoms with Crippen molar-refractivity contribution in [2.45, 2.75) is 13.0 Å². The van der Waals surface area contributed by atoms with Crippen LogP contribution in [-0.2, 0) is 11.3 Å². The van der Waals surface area contributed by atoms with Gasteiger partial charge < -0.3 is 15.4 Å². The Kier molecular flexibility index (Phi) is 6.74. The molecule has 7 heteroatoms. The molecule has 1 aromatic carbocycles. The average Bonchev–Trinajstić information content (AvgIpc) is 2.94. The standard InChI is InChI=1S/C17H19FN2O2S.ClH/c1-22-10-12-15-13(18)3-2-4-14(15)23-16(12)17(21)20-9-11-5-7-19-8-6-11;/h2-5,19H,6-10H2,1H3,(H,20,21);1H. The lowest BCUT2D eigenvalue weighted by Gasteiger charge is -2.14. The first kappa shape index (κ1) is 18.9. The largest absolute Gasteiger partial charge is 0.380 e. The number of carbonyl (C=O) groups excluding carboxylic acids is 1. The number of amides is 1. The second-order valence-electron chi connectivity index (χ2n) is 5.45. The molecule has 0 bridgehead atoms. The van der Waals surface area contributed by atoms with E-state index < -0.39 is 0 Å². The minimum absolute atomic E-state index is 0. The van der Waals surface area contributed by atoms with E-state index in [4.69, 9.17) is 4.74 Å². The van der Waals surface area contributed by atoms with E-state index in [2.05, 4.69) is 16.7 Å². The highest BCUT2D eigenvalue weighted by Crippen LogP contribution is 2.33. The van der Waals surface area contributed by atoms with E-state index in [0.29, 0.717) is 22.4 Å². The van der Waals surface area contributed by atoms with Gasteiger partial charge in [0.05, 0.1) is 11.5 Å². The first-order valence-corrected chi connectivity index (χ1v) is 8.38. The number of nitrogens with one attached hydrogen (secondary N) is 2. The highest BCUT2D eigenvalue weighted by atomic mass is 35.5. The van der Waals surface area contributed by atoms with Crippen molar-refractivity contribution in [3.63, 3.8) is 0 Å². The van der Waals surface area contributed by atoms with Crippen LogP contribution in [0.4, 0.5) is 4.39 Å². The molecule has 0 saturated carbocycles. The van der Waals surface area contributed by atoms with Gasteiger partial charge in [-0.3, -0.25) is 4.79 Å². The van der Waals surface area contributed by atoms with E-state index in [-0.39, 0.29) is 30.7 Å². The maximum absolute atomic E-state index is 14.1. The molecule has 2 aromatic rings. The summed E-state index contributed by atoms with van der Waals surface area (Å²) >= 11 is 1.31. The third-order valence-electron chi connectivity index (χ3n) is 3.89. The molecule has 4 nitrogen and oxygen atoms in total. The highest BCUT2D eigenvalue weighted by Gasteiger charge is 2.20. The van der Waals surface area contributed by atoms with Gasteiger partial charge in [0, 0.05) is 35.8 Å². The van der Waals surface area contributed by atoms with Gasteiger partial charge in [0.2, 0.25) is 0 Å². The summed E-state index contributed by atoms with van der Waals surface area (Å²) in [5, 5.41) is 6.68. The summed E-state index contributed by atoms with van der Waals surface area (Å²) in [6, 6.07) is 4.90. The molecular formula is C17H20ClFN2O2S. The SMILES string of the molecule is COCc1c(C(=O)NCC2=CCNCC2)sc2cccc(F)c12.Cl. The normalized spacial score (nSPS) is 14.2. The van der Waals surface area contributed by atoms with E-state index in [0.717, 1.165) is 24.2 Å². The lowest BCUT2D eigenvalue weighted by atomic mass is 10.1. The number of halogens is 2. The Morgan fingerprint density at radius 1 is 1.46 bits per heavy atom. The molecule has 2 heterocycles. The summed E-state index contributed by atoms with van der Waals surface area (Å²) in [6.07, 6.45) is 3.04. The Hall–Kier alpha value is -1.47. The van der Waals surface area contributed by atoms with E-state index in [9.17, 15) is 9.18 Å². The fourth-order valence-electron chi connectivity index (χ4n) is 2.74. The molecule has 1 amide bonds. The van der Waals surface area contributed by atoms with E-state index in [1.807, 2.05) is 6.07 Å². The zero-order valence-corrected chi connectivity index (χ0v) is 15.0. The van der Waals surface area contributed by atoms with Crippen LogP contribution in [0, 0.1) is 5.82 Å². The van der Waals surface area contributed by atoms with Crippen molar-refractivity contribution < 1.29 is 13.9 Å². The van der Waals surface area contributed by atoms with Gasteiger partial charge in [-0.15, -0.1) is 23.7 Å². The van der Waals surface area contributed by atoms with Crippen LogP contribution in [0.15, 0.2) is 29.8 Å². The first-order valence-electron chi connectivity index (χ1n) is 7.56. The van der Waals surface area contributed by atoms with Crippen molar-refractivity contribution in [2.24, 2.45) is 0 Å². The summed E-state index contributed by atoms with van der Waals surface area (Å²) in [5.41, 5.74) is 1.85. The van der Waals surface area contributed by atoms with Crippen molar-refractivity contribution in [3.05, 3.63) is 46.1 Å². The molecule has 1 aliphatic rings. The molecule has 0 radical (unpaired) electrons. The van der Waals surface area contributed by atoms with Crippen molar-refractivity contribution >= 4 is 39.7 Å². The summed E-state index contributed by atoms with van der Waals surface area (Å²) in [7, 11) is 1.55. The number of ether oxygens (including phenoxy) is 1. The molecule has 1 aliphatic heterocycles. The number of hydrogen-bond donors (Lipinski definition) is 2. The number of fused-ring (bicyclic) bond motifs is 1. The zero-order chi connectivity index (χ0) is 16.2. The monoisotopic (exact) mass is 370 g/mol. The molecule has 0 aliphatic carbocycles. The maximum atomic E-state index is 14.1. The zero-order valence-electron chi connectivity index (χ0n) is 13.4. The minimum atomic E-state index is -0.314. The second kappa shape index (κ2) is 8.58. The average molecular weight is 371 g/mol. The number of benzene rings is 1. The van der Waals surface area contributed by atoms with E-state index in [1.165, 1.54) is 23.0 Å². The Bertz CT molecular complexity index is 760. The van der Waals surface area contributed by atoms with Gasteiger partial charge in [-0.05, 0) is 25.1 Å². The van der Waals surface area contributed by atoms with Crippen molar-refractivity contribution in [1.29, 1.82) is 0 Å². The fraction of sp³-hybridized carbons (Fsp3) is 0.353. The minimum Gasteiger partial charge on any atom is -0.380 e. The predicted molar refractivity (Wildman–Crippen MR) is 97.6 cm³/mol. The van der Waals surface area contributed by atoms with Gasteiger partial charge in [0.15, 0.2) is 0 Å².